The topological polar surface area (TPSA) is 133 Å². The second-order valence-corrected chi connectivity index (χ2v) is 9.15. The van der Waals surface area contributed by atoms with E-state index in [4.69, 9.17) is 4.74 Å². The maximum atomic E-state index is 13.7. The van der Waals surface area contributed by atoms with Gasteiger partial charge in [0.25, 0.3) is 0 Å². The van der Waals surface area contributed by atoms with Crippen LogP contribution in [0.2, 0.25) is 0 Å². The number of fused-ring (bicyclic) bond motifs is 3. The zero-order valence-corrected chi connectivity index (χ0v) is 19.7. The number of nitrogens with one attached hydrogen (secondary N) is 1. The molecular weight excluding hydrogens is 440 g/mol. The highest BCUT2D eigenvalue weighted by Gasteiger charge is 2.56. The van der Waals surface area contributed by atoms with Crippen LogP contribution in [0.3, 0.4) is 0 Å². The highest BCUT2D eigenvalue weighted by atomic mass is 16.5. The third-order valence-electron chi connectivity index (χ3n) is 6.95. The van der Waals surface area contributed by atoms with Crippen LogP contribution < -0.4 is 10.1 Å². The standard InChI is InChI=1S/C25H28N2O7/c1-12-21(31)19(14(3)28)23-20(22(12)32)25(4)16(34-23)11-15(29)18(24(25)33)13(2)26-8-7-17(30)27-9-5-6-10-27/h11,26,31-32H,5-10H2,1-4H3/b18-13+/t25-/m0/s1. The van der Waals surface area contributed by atoms with Crippen LogP contribution in [0.15, 0.2) is 23.1 Å². The molecule has 1 fully saturated rings. The Balaban J connectivity index is 1.69. The fraction of sp³-hybridized carbons (Fsp3) is 0.440. The maximum absolute atomic E-state index is 13.7. The van der Waals surface area contributed by atoms with Crippen molar-refractivity contribution < 1.29 is 34.1 Å². The maximum Gasteiger partial charge on any atom is 0.224 e. The Labute approximate surface area is 197 Å². The number of carbonyl (C=O) groups excluding carboxylic acids is 4. The van der Waals surface area contributed by atoms with Gasteiger partial charge >= 0.3 is 0 Å². The molecule has 4 rings (SSSR count). The fourth-order valence-electron chi connectivity index (χ4n) is 4.93. The minimum Gasteiger partial charge on any atom is -0.507 e. The largest absolute Gasteiger partial charge is 0.507 e. The quantitative estimate of drug-likeness (QED) is 0.340. The predicted octanol–water partition coefficient (Wildman–Crippen LogP) is 2.17. The van der Waals surface area contributed by atoms with Gasteiger partial charge in [0.05, 0.1) is 11.1 Å². The summed E-state index contributed by atoms with van der Waals surface area (Å²) < 4.78 is 5.75. The van der Waals surface area contributed by atoms with Crippen molar-refractivity contribution in [3.8, 4) is 17.2 Å². The zero-order valence-electron chi connectivity index (χ0n) is 19.7. The molecule has 9 nitrogen and oxygen atoms in total. The minimum absolute atomic E-state index is 0.0129. The Kier molecular flexibility index (Phi) is 5.75. The van der Waals surface area contributed by atoms with Crippen LogP contribution in [0.5, 0.6) is 17.2 Å². The molecule has 34 heavy (non-hydrogen) atoms. The summed E-state index contributed by atoms with van der Waals surface area (Å²) in [5.41, 5.74) is -1.41. The van der Waals surface area contributed by atoms with Crippen LogP contribution in [-0.2, 0) is 19.8 Å². The fourth-order valence-corrected chi connectivity index (χ4v) is 4.93. The van der Waals surface area contributed by atoms with E-state index < -0.39 is 28.5 Å². The number of aromatic hydroxyl groups is 2. The molecule has 9 heteroatoms. The molecule has 1 aromatic rings. The van der Waals surface area contributed by atoms with E-state index in [1.807, 2.05) is 0 Å². The molecule has 0 unspecified atom stereocenters. The summed E-state index contributed by atoms with van der Waals surface area (Å²) in [7, 11) is 0. The average Bonchev–Trinajstić information content (AvgIpc) is 3.39. The van der Waals surface area contributed by atoms with E-state index in [9.17, 15) is 29.4 Å². The molecule has 1 amide bonds. The number of rotatable bonds is 5. The average molecular weight is 469 g/mol. The second-order valence-electron chi connectivity index (χ2n) is 9.15. The van der Waals surface area contributed by atoms with Crippen LogP contribution in [0.25, 0.3) is 0 Å². The Bertz CT molecular complexity index is 1200. The first-order chi connectivity index (χ1) is 16.0. The lowest BCUT2D eigenvalue weighted by Gasteiger charge is -2.29. The summed E-state index contributed by atoms with van der Waals surface area (Å²) >= 11 is 0. The number of Topliss-reactive ketones (excluding diaryl/α,β-unsaturated/α-hetero) is 2. The van der Waals surface area contributed by atoms with Crippen LogP contribution in [-0.4, -0.2) is 58.0 Å². The lowest BCUT2D eigenvalue weighted by Crippen LogP contribution is -2.41. The first-order valence-electron chi connectivity index (χ1n) is 11.3. The number of likely N-dealkylation sites (tertiary alicyclic amines) is 1. The van der Waals surface area contributed by atoms with E-state index in [1.165, 1.54) is 26.8 Å². The van der Waals surface area contributed by atoms with Gasteiger partial charge in [0.15, 0.2) is 17.3 Å². The molecule has 1 atom stereocenters. The molecule has 0 radical (unpaired) electrons. The van der Waals surface area contributed by atoms with E-state index in [0.29, 0.717) is 5.70 Å². The van der Waals surface area contributed by atoms with Crippen molar-refractivity contribution in [3.63, 3.8) is 0 Å². The second kappa shape index (κ2) is 8.30. The molecule has 0 aromatic heterocycles. The van der Waals surface area contributed by atoms with E-state index in [1.54, 1.807) is 11.8 Å². The number of phenolic OH excluding ortho intramolecular Hbond substituents is 2. The Hall–Kier alpha value is -3.62. The highest BCUT2D eigenvalue weighted by molar-refractivity contribution is 6.31. The molecule has 2 aliphatic heterocycles. The van der Waals surface area contributed by atoms with Crippen molar-refractivity contribution >= 4 is 23.3 Å². The third-order valence-corrected chi connectivity index (χ3v) is 6.95. The molecule has 2 heterocycles. The Morgan fingerprint density at radius 1 is 1.15 bits per heavy atom. The summed E-state index contributed by atoms with van der Waals surface area (Å²) in [6, 6.07) is 0. The van der Waals surface area contributed by atoms with Gasteiger partial charge in [-0.15, -0.1) is 0 Å². The van der Waals surface area contributed by atoms with Crippen molar-refractivity contribution in [2.75, 3.05) is 19.6 Å². The lowest BCUT2D eigenvalue weighted by molar-refractivity contribution is -0.130. The first kappa shape index (κ1) is 23.5. The monoisotopic (exact) mass is 468 g/mol. The molecular formula is C25H28N2O7. The van der Waals surface area contributed by atoms with E-state index in [-0.39, 0.29) is 58.4 Å². The van der Waals surface area contributed by atoms with Crippen LogP contribution >= 0.6 is 0 Å². The van der Waals surface area contributed by atoms with Gasteiger partial charge in [-0.05, 0) is 40.5 Å². The van der Waals surface area contributed by atoms with Crippen LogP contribution in [0.1, 0.15) is 61.5 Å². The van der Waals surface area contributed by atoms with Crippen LogP contribution in [0, 0.1) is 6.92 Å². The van der Waals surface area contributed by atoms with Gasteiger partial charge in [-0.2, -0.15) is 0 Å². The smallest absolute Gasteiger partial charge is 0.224 e. The normalized spacial score (nSPS) is 22.7. The van der Waals surface area contributed by atoms with Gasteiger partial charge in [0, 0.05) is 43.4 Å². The minimum atomic E-state index is -1.56. The number of phenols is 2. The summed E-state index contributed by atoms with van der Waals surface area (Å²) in [6.07, 6.45) is 3.40. The predicted molar refractivity (Wildman–Crippen MR) is 122 cm³/mol. The van der Waals surface area contributed by atoms with E-state index in [2.05, 4.69) is 5.32 Å². The Morgan fingerprint density at radius 2 is 1.79 bits per heavy atom. The van der Waals surface area contributed by atoms with E-state index in [0.717, 1.165) is 25.9 Å². The number of allylic oxidation sites excluding steroid dienone is 4. The number of carbonyl (C=O) groups is 4. The number of hydrogen-bond donors (Lipinski definition) is 3. The molecule has 0 spiro atoms. The van der Waals surface area contributed by atoms with Crippen molar-refractivity contribution in [1.29, 1.82) is 0 Å². The van der Waals surface area contributed by atoms with Crippen molar-refractivity contribution in [2.24, 2.45) is 0 Å². The number of amides is 1. The zero-order chi connectivity index (χ0) is 24.9. The first-order valence-corrected chi connectivity index (χ1v) is 11.3. The van der Waals surface area contributed by atoms with Crippen molar-refractivity contribution in [3.05, 3.63) is 39.8 Å². The van der Waals surface area contributed by atoms with Crippen LogP contribution in [0.4, 0.5) is 0 Å². The summed E-state index contributed by atoms with van der Waals surface area (Å²) in [4.78, 5) is 52.9. The summed E-state index contributed by atoms with van der Waals surface area (Å²) in [5, 5.41) is 24.3. The number of hydrogen-bond acceptors (Lipinski definition) is 8. The van der Waals surface area contributed by atoms with Gasteiger partial charge < -0.3 is 25.2 Å². The van der Waals surface area contributed by atoms with Gasteiger partial charge in [-0.1, -0.05) is 0 Å². The van der Waals surface area contributed by atoms with Gasteiger partial charge in [0.1, 0.15) is 34.0 Å². The summed E-state index contributed by atoms with van der Waals surface area (Å²) in [6.45, 7) is 7.55. The number of nitrogens with zero attached hydrogens (tertiary/aromatic N) is 1. The van der Waals surface area contributed by atoms with Gasteiger partial charge in [0.2, 0.25) is 5.91 Å². The number of ether oxygens (including phenoxy) is 1. The van der Waals surface area contributed by atoms with Crippen molar-refractivity contribution in [2.45, 2.75) is 52.4 Å². The Morgan fingerprint density at radius 3 is 2.41 bits per heavy atom. The molecule has 0 saturated carbocycles. The molecule has 0 bridgehead atoms. The number of ketones is 3. The number of benzene rings is 1. The molecule has 1 aliphatic carbocycles. The third kappa shape index (κ3) is 3.38. The molecule has 3 N–H and O–H groups in total. The van der Waals surface area contributed by atoms with Crippen molar-refractivity contribution in [1.82, 2.24) is 10.2 Å². The lowest BCUT2D eigenvalue weighted by atomic mass is 9.70. The molecule has 180 valence electrons. The molecule has 1 saturated heterocycles. The SMILES string of the molecule is CC(=O)c1c(O)c(C)c(O)c2c1OC1=CC(=O)/C(=C(/C)NCCC(=O)N3CCCC3)C(=O)[C@@]12C. The summed E-state index contributed by atoms with van der Waals surface area (Å²) in [5.74, 6) is -2.59. The molecule has 3 aliphatic rings. The van der Waals surface area contributed by atoms with E-state index >= 15 is 0 Å². The van der Waals surface area contributed by atoms with Gasteiger partial charge in [-0.3, -0.25) is 19.2 Å². The highest BCUT2D eigenvalue weighted by Crippen LogP contribution is 2.57. The molecule has 1 aromatic carbocycles. The van der Waals surface area contributed by atoms with Gasteiger partial charge in [-0.25, -0.2) is 0 Å².